The maximum Gasteiger partial charge on any atom is 0.0328 e. The highest BCUT2D eigenvalue weighted by atomic mass is 15.2. The van der Waals surface area contributed by atoms with E-state index in [9.17, 15) is 0 Å². The van der Waals surface area contributed by atoms with E-state index >= 15 is 0 Å². The molecule has 1 saturated heterocycles. The highest BCUT2D eigenvalue weighted by Crippen LogP contribution is 2.31. The van der Waals surface area contributed by atoms with Crippen LogP contribution in [0, 0.1) is 0 Å². The molecule has 0 bridgehead atoms. The Morgan fingerprint density at radius 1 is 1.20 bits per heavy atom. The fraction of sp³-hybridized carbons (Fsp3) is 1.00. The fourth-order valence-electron chi connectivity index (χ4n) is 2.76. The summed E-state index contributed by atoms with van der Waals surface area (Å²) >= 11 is 0. The third-order valence-electron chi connectivity index (χ3n) is 4.23. The van der Waals surface area contributed by atoms with Crippen LogP contribution in [0.15, 0.2) is 0 Å². The fourth-order valence-corrected chi connectivity index (χ4v) is 2.76. The summed E-state index contributed by atoms with van der Waals surface area (Å²) < 4.78 is 0. The lowest BCUT2D eigenvalue weighted by molar-refractivity contribution is 0.0923. The molecule has 0 atom stereocenters. The Labute approximate surface area is 93.6 Å². The van der Waals surface area contributed by atoms with Crippen molar-refractivity contribution in [2.45, 2.75) is 43.7 Å². The molecule has 2 rings (SSSR count). The zero-order valence-electron chi connectivity index (χ0n) is 10.2. The lowest BCUT2D eigenvalue weighted by Gasteiger charge is -2.45. The van der Waals surface area contributed by atoms with E-state index < -0.39 is 0 Å². The predicted molar refractivity (Wildman–Crippen MR) is 64.2 cm³/mol. The van der Waals surface area contributed by atoms with Crippen LogP contribution in [-0.2, 0) is 0 Å². The molecule has 2 aliphatic rings. The number of hydrogen-bond acceptors (Lipinski definition) is 3. The summed E-state index contributed by atoms with van der Waals surface area (Å²) in [6.45, 7) is 3.49. The summed E-state index contributed by atoms with van der Waals surface area (Å²) in [6, 6.07) is 0.726. The van der Waals surface area contributed by atoms with Crippen molar-refractivity contribution < 1.29 is 0 Å². The maximum atomic E-state index is 3.71. The monoisotopic (exact) mass is 211 g/mol. The second kappa shape index (κ2) is 4.81. The van der Waals surface area contributed by atoms with Gasteiger partial charge in [0.25, 0.3) is 0 Å². The van der Waals surface area contributed by atoms with E-state index in [0.29, 0.717) is 5.54 Å². The predicted octanol–water partition coefficient (Wildman–Crippen LogP) is 0.812. The minimum Gasteiger partial charge on any atom is -0.314 e. The van der Waals surface area contributed by atoms with Gasteiger partial charge in [-0.1, -0.05) is 19.3 Å². The molecule has 2 N–H and O–H groups in total. The Bertz CT molecular complexity index is 193. The number of rotatable bonds is 4. The van der Waals surface area contributed by atoms with Crippen molar-refractivity contribution in [2.75, 3.05) is 33.7 Å². The third-order valence-corrected chi connectivity index (χ3v) is 4.23. The van der Waals surface area contributed by atoms with Gasteiger partial charge in [-0.25, -0.2) is 0 Å². The van der Waals surface area contributed by atoms with Gasteiger partial charge >= 0.3 is 0 Å². The largest absolute Gasteiger partial charge is 0.314 e. The molecule has 1 aliphatic carbocycles. The molecule has 0 radical (unpaired) electrons. The van der Waals surface area contributed by atoms with E-state index in [1.165, 1.54) is 38.6 Å². The summed E-state index contributed by atoms with van der Waals surface area (Å²) in [5.74, 6) is 0. The average Bonchev–Trinajstić information content (AvgIpc) is 2.16. The second-order valence-corrected chi connectivity index (χ2v) is 5.42. The van der Waals surface area contributed by atoms with Gasteiger partial charge in [-0.05, 0) is 26.9 Å². The Hall–Kier alpha value is -0.120. The van der Waals surface area contributed by atoms with E-state index in [0.717, 1.165) is 19.1 Å². The first-order valence-electron chi connectivity index (χ1n) is 6.34. The topological polar surface area (TPSA) is 27.3 Å². The maximum absolute atomic E-state index is 3.71. The van der Waals surface area contributed by atoms with Crippen LogP contribution >= 0.6 is 0 Å². The van der Waals surface area contributed by atoms with Crippen molar-refractivity contribution in [3.05, 3.63) is 0 Å². The molecule has 0 amide bonds. The van der Waals surface area contributed by atoms with Gasteiger partial charge in [0.15, 0.2) is 0 Å². The van der Waals surface area contributed by atoms with Crippen molar-refractivity contribution in [2.24, 2.45) is 0 Å². The molecule has 1 heterocycles. The molecule has 1 aliphatic heterocycles. The van der Waals surface area contributed by atoms with Crippen LogP contribution < -0.4 is 10.6 Å². The van der Waals surface area contributed by atoms with E-state index in [1.54, 1.807) is 0 Å². The molecule has 0 aromatic rings. The van der Waals surface area contributed by atoms with Crippen molar-refractivity contribution >= 4 is 0 Å². The summed E-state index contributed by atoms with van der Waals surface area (Å²) in [4.78, 5) is 2.45. The highest BCUT2D eigenvalue weighted by molar-refractivity contribution is 4.95. The first-order valence-corrected chi connectivity index (χ1v) is 6.34. The SMILES string of the molecule is CN(C)C1(CNC2CNC2)CCCCC1. The van der Waals surface area contributed by atoms with Gasteiger partial charge in [0.2, 0.25) is 0 Å². The number of nitrogens with zero attached hydrogens (tertiary/aromatic N) is 1. The van der Waals surface area contributed by atoms with Gasteiger partial charge in [-0.3, -0.25) is 0 Å². The van der Waals surface area contributed by atoms with Crippen molar-refractivity contribution in [3.63, 3.8) is 0 Å². The molecule has 88 valence electrons. The van der Waals surface area contributed by atoms with E-state index in [4.69, 9.17) is 0 Å². The van der Waals surface area contributed by atoms with E-state index in [2.05, 4.69) is 29.6 Å². The molecule has 0 aromatic heterocycles. The Balaban J connectivity index is 1.86. The summed E-state index contributed by atoms with van der Waals surface area (Å²) in [5, 5.41) is 7.02. The third kappa shape index (κ3) is 2.52. The Morgan fingerprint density at radius 2 is 1.87 bits per heavy atom. The molecule has 0 spiro atoms. The molecule has 0 aromatic carbocycles. The standard InChI is InChI=1S/C12H25N3/c1-15(2)12(6-4-3-5-7-12)10-14-11-8-13-9-11/h11,13-14H,3-10H2,1-2H3. The van der Waals surface area contributed by atoms with Gasteiger partial charge in [0, 0.05) is 31.2 Å². The van der Waals surface area contributed by atoms with Gasteiger partial charge in [0.1, 0.15) is 0 Å². The minimum absolute atomic E-state index is 0.438. The first kappa shape index (κ1) is 11.4. The lowest BCUT2D eigenvalue weighted by atomic mass is 9.80. The number of hydrogen-bond donors (Lipinski definition) is 2. The summed E-state index contributed by atoms with van der Waals surface area (Å²) in [6.07, 6.45) is 6.98. The van der Waals surface area contributed by atoms with Gasteiger partial charge < -0.3 is 15.5 Å². The molecule has 0 unspecified atom stereocenters. The van der Waals surface area contributed by atoms with E-state index in [1.807, 2.05) is 0 Å². The molecule has 1 saturated carbocycles. The molecular formula is C12H25N3. The molecule has 2 fully saturated rings. The highest BCUT2D eigenvalue weighted by Gasteiger charge is 2.34. The van der Waals surface area contributed by atoms with Gasteiger partial charge in [-0.2, -0.15) is 0 Å². The van der Waals surface area contributed by atoms with Crippen LogP contribution in [0.5, 0.6) is 0 Å². The molecule has 3 nitrogen and oxygen atoms in total. The average molecular weight is 211 g/mol. The van der Waals surface area contributed by atoms with Gasteiger partial charge in [-0.15, -0.1) is 0 Å². The zero-order valence-corrected chi connectivity index (χ0v) is 10.2. The van der Waals surface area contributed by atoms with Crippen molar-refractivity contribution in [3.8, 4) is 0 Å². The first-order chi connectivity index (χ1) is 7.23. The quantitative estimate of drug-likeness (QED) is 0.721. The summed E-state index contributed by atoms with van der Waals surface area (Å²) in [7, 11) is 4.48. The van der Waals surface area contributed by atoms with Crippen LogP contribution in [0.4, 0.5) is 0 Å². The van der Waals surface area contributed by atoms with Crippen LogP contribution in [-0.4, -0.2) is 50.2 Å². The number of nitrogens with one attached hydrogen (secondary N) is 2. The summed E-state index contributed by atoms with van der Waals surface area (Å²) in [5.41, 5.74) is 0.438. The van der Waals surface area contributed by atoms with Crippen LogP contribution in [0.1, 0.15) is 32.1 Å². The van der Waals surface area contributed by atoms with Crippen LogP contribution in [0.3, 0.4) is 0 Å². The number of likely N-dealkylation sites (N-methyl/N-ethyl adjacent to an activating group) is 1. The molecule has 15 heavy (non-hydrogen) atoms. The Kier molecular flexibility index (Phi) is 3.65. The minimum atomic E-state index is 0.438. The van der Waals surface area contributed by atoms with Crippen molar-refractivity contribution in [1.82, 2.24) is 15.5 Å². The van der Waals surface area contributed by atoms with Crippen LogP contribution in [0.2, 0.25) is 0 Å². The lowest BCUT2D eigenvalue weighted by Crippen LogP contribution is -2.61. The second-order valence-electron chi connectivity index (χ2n) is 5.42. The van der Waals surface area contributed by atoms with Crippen LogP contribution in [0.25, 0.3) is 0 Å². The van der Waals surface area contributed by atoms with E-state index in [-0.39, 0.29) is 0 Å². The van der Waals surface area contributed by atoms with Crippen molar-refractivity contribution in [1.29, 1.82) is 0 Å². The molecule has 3 heteroatoms. The smallest absolute Gasteiger partial charge is 0.0328 e. The normalized spacial score (nSPS) is 26.6. The Morgan fingerprint density at radius 3 is 2.33 bits per heavy atom. The zero-order chi connectivity index (χ0) is 10.7. The molecular weight excluding hydrogens is 186 g/mol. The van der Waals surface area contributed by atoms with Gasteiger partial charge in [0.05, 0.1) is 0 Å².